The Morgan fingerprint density at radius 1 is 1.13 bits per heavy atom. The molecule has 2 saturated heterocycles. The second kappa shape index (κ2) is 9.39. The van der Waals surface area contributed by atoms with Crippen molar-refractivity contribution < 1.29 is 9.84 Å². The maximum absolute atomic E-state index is 10.1. The standard InChI is InChI=1S/C24H32N4O2/c1-25-24(26-15-18-12-22(30-2)10-11-23(18)29)27-19-13-20-8-9-21(14-19)28(20)16-17-6-4-3-5-7-17/h3-7,10-12,19-21,29H,8-9,13-16H2,1-2H3,(H2,25,26,27). The molecule has 2 unspecified atom stereocenters. The summed E-state index contributed by atoms with van der Waals surface area (Å²) in [5.74, 6) is 1.76. The van der Waals surface area contributed by atoms with Crippen LogP contribution in [0, 0.1) is 0 Å². The highest BCUT2D eigenvalue weighted by atomic mass is 16.5. The van der Waals surface area contributed by atoms with Gasteiger partial charge in [0.1, 0.15) is 11.5 Å². The number of fused-ring (bicyclic) bond motifs is 2. The van der Waals surface area contributed by atoms with E-state index in [1.165, 1.54) is 18.4 Å². The lowest BCUT2D eigenvalue weighted by molar-refractivity contribution is 0.114. The Balaban J connectivity index is 1.32. The molecule has 4 rings (SSSR count). The lowest BCUT2D eigenvalue weighted by Crippen LogP contribution is -2.52. The molecule has 6 heteroatoms. The third-order valence-corrected chi connectivity index (χ3v) is 6.39. The fourth-order valence-corrected chi connectivity index (χ4v) is 4.84. The summed E-state index contributed by atoms with van der Waals surface area (Å²) in [6, 6.07) is 17.7. The Bertz CT molecular complexity index is 857. The van der Waals surface area contributed by atoms with E-state index in [2.05, 4.69) is 50.9 Å². The number of rotatable bonds is 6. The summed E-state index contributed by atoms with van der Waals surface area (Å²) in [7, 11) is 3.42. The van der Waals surface area contributed by atoms with E-state index in [0.717, 1.165) is 36.7 Å². The Morgan fingerprint density at radius 2 is 1.87 bits per heavy atom. The van der Waals surface area contributed by atoms with Crippen LogP contribution in [-0.2, 0) is 13.1 Å². The van der Waals surface area contributed by atoms with E-state index in [0.29, 0.717) is 24.7 Å². The smallest absolute Gasteiger partial charge is 0.191 e. The molecule has 2 heterocycles. The van der Waals surface area contributed by atoms with Crippen LogP contribution in [0.3, 0.4) is 0 Å². The maximum atomic E-state index is 10.1. The molecular formula is C24H32N4O2. The van der Waals surface area contributed by atoms with Gasteiger partial charge in [-0.2, -0.15) is 0 Å². The van der Waals surface area contributed by atoms with Crippen molar-refractivity contribution in [1.82, 2.24) is 15.5 Å². The van der Waals surface area contributed by atoms with Crippen LogP contribution in [0.1, 0.15) is 36.8 Å². The number of aliphatic imine (C=N–C) groups is 1. The summed E-state index contributed by atoms with van der Waals surface area (Å²) in [6.07, 6.45) is 4.82. The quantitative estimate of drug-likeness (QED) is 0.506. The number of piperidine rings is 1. The molecule has 0 aliphatic carbocycles. The molecule has 3 N–H and O–H groups in total. The van der Waals surface area contributed by atoms with E-state index in [-0.39, 0.29) is 5.75 Å². The molecule has 30 heavy (non-hydrogen) atoms. The van der Waals surface area contributed by atoms with Gasteiger partial charge >= 0.3 is 0 Å². The minimum absolute atomic E-state index is 0.256. The fraction of sp³-hybridized carbons (Fsp3) is 0.458. The summed E-state index contributed by atoms with van der Waals surface area (Å²) < 4.78 is 5.26. The molecule has 2 atom stereocenters. The Morgan fingerprint density at radius 3 is 2.53 bits per heavy atom. The first-order valence-corrected chi connectivity index (χ1v) is 10.8. The van der Waals surface area contributed by atoms with E-state index < -0.39 is 0 Å². The molecule has 0 aromatic heterocycles. The van der Waals surface area contributed by atoms with Gasteiger partial charge in [0.15, 0.2) is 5.96 Å². The van der Waals surface area contributed by atoms with E-state index in [4.69, 9.17) is 4.74 Å². The van der Waals surface area contributed by atoms with Gasteiger partial charge in [0.25, 0.3) is 0 Å². The number of guanidine groups is 1. The molecule has 6 nitrogen and oxygen atoms in total. The predicted octanol–water partition coefficient (Wildman–Crippen LogP) is 3.26. The Kier molecular flexibility index (Phi) is 6.43. The molecule has 2 aliphatic rings. The molecule has 160 valence electrons. The third-order valence-electron chi connectivity index (χ3n) is 6.39. The summed E-state index contributed by atoms with van der Waals surface area (Å²) in [6.45, 7) is 1.54. The van der Waals surface area contributed by atoms with Crippen LogP contribution in [0.4, 0.5) is 0 Å². The van der Waals surface area contributed by atoms with E-state index in [1.807, 2.05) is 6.07 Å². The van der Waals surface area contributed by atoms with Gasteiger partial charge < -0.3 is 20.5 Å². The van der Waals surface area contributed by atoms with Crippen LogP contribution < -0.4 is 15.4 Å². The van der Waals surface area contributed by atoms with Crippen LogP contribution in [0.15, 0.2) is 53.5 Å². The normalized spacial score (nSPS) is 23.9. The van der Waals surface area contributed by atoms with E-state index >= 15 is 0 Å². The molecule has 2 aromatic carbocycles. The maximum Gasteiger partial charge on any atom is 0.191 e. The largest absolute Gasteiger partial charge is 0.508 e. The second-order valence-corrected chi connectivity index (χ2v) is 8.28. The number of phenols is 1. The Hall–Kier alpha value is -2.73. The lowest BCUT2D eigenvalue weighted by atomic mass is 9.96. The van der Waals surface area contributed by atoms with Gasteiger partial charge in [-0.15, -0.1) is 0 Å². The second-order valence-electron chi connectivity index (χ2n) is 8.28. The number of benzene rings is 2. The molecule has 0 radical (unpaired) electrons. The fourth-order valence-electron chi connectivity index (χ4n) is 4.84. The third kappa shape index (κ3) is 4.70. The average molecular weight is 409 g/mol. The monoisotopic (exact) mass is 408 g/mol. The van der Waals surface area contributed by atoms with Gasteiger partial charge in [0.05, 0.1) is 7.11 Å². The number of aromatic hydroxyl groups is 1. The number of methoxy groups -OCH3 is 1. The van der Waals surface area contributed by atoms with Gasteiger partial charge in [-0.1, -0.05) is 30.3 Å². The highest BCUT2D eigenvalue weighted by molar-refractivity contribution is 5.80. The minimum atomic E-state index is 0.256. The van der Waals surface area contributed by atoms with Crippen molar-refractivity contribution in [3.8, 4) is 11.5 Å². The molecule has 0 saturated carbocycles. The topological polar surface area (TPSA) is 69.1 Å². The van der Waals surface area contributed by atoms with Gasteiger partial charge in [0.2, 0.25) is 0 Å². The molecule has 2 fully saturated rings. The van der Waals surface area contributed by atoms with Gasteiger partial charge in [0, 0.05) is 43.8 Å². The van der Waals surface area contributed by atoms with Gasteiger partial charge in [-0.05, 0) is 49.4 Å². The van der Waals surface area contributed by atoms with Crippen molar-refractivity contribution in [2.24, 2.45) is 4.99 Å². The Labute approximate surface area is 179 Å². The molecule has 2 bridgehead atoms. The number of hydrogen-bond acceptors (Lipinski definition) is 4. The first kappa shape index (κ1) is 20.5. The number of nitrogens with zero attached hydrogens (tertiary/aromatic N) is 2. The highest BCUT2D eigenvalue weighted by Crippen LogP contribution is 2.36. The van der Waals surface area contributed by atoms with Crippen LogP contribution >= 0.6 is 0 Å². The zero-order chi connectivity index (χ0) is 20.9. The summed E-state index contributed by atoms with van der Waals surface area (Å²) in [5, 5.41) is 17.0. The molecule has 0 spiro atoms. The van der Waals surface area contributed by atoms with Crippen molar-refractivity contribution in [1.29, 1.82) is 0 Å². The van der Waals surface area contributed by atoms with Crippen molar-refractivity contribution in [2.75, 3.05) is 14.2 Å². The van der Waals surface area contributed by atoms with E-state index in [9.17, 15) is 5.11 Å². The number of phenolic OH excluding ortho intramolecular Hbond substituents is 1. The predicted molar refractivity (Wildman–Crippen MR) is 120 cm³/mol. The highest BCUT2D eigenvalue weighted by Gasteiger charge is 2.40. The van der Waals surface area contributed by atoms with Crippen LogP contribution in [0.5, 0.6) is 11.5 Å². The van der Waals surface area contributed by atoms with Gasteiger partial charge in [-0.25, -0.2) is 0 Å². The average Bonchev–Trinajstić information content (AvgIpc) is 3.00. The van der Waals surface area contributed by atoms with Gasteiger partial charge in [-0.3, -0.25) is 9.89 Å². The van der Waals surface area contributed by atoms with Crippen LogP contribution in [0.25, 0.3) is 0 Å². The zero-order valence-corrected chi connectivity index (χ0v) is 17.8. The lowest BCUT2D eigenvalue weighted by Gasteiger charge is -2.39. The summed E-state index contributed by atoms with van der Waals surface area (Å²) >= 11 is 0. The molecular weight excluding hydrogens is 376 g/mol. The number of ether oxygens (including phenoxy) is 1. The number of hydrogen-bond donors (Lipinski definition) is 3. The number of nitrogens with one attached hydrogen (secondary N) is 2. The summed E-state index contributed by atoms with van der Waals surface area (Å²) in [4.78, 5) is 7.09. The first-order chi connectivity index (χ1) is 14.7. The van der Waals surface area contributed by atoms with Crippen molar-refractivity contribution in [3.05, 3.63) is 59.7 Å². The summed E-state index contributed by atoms with van der Waals surface area (Å²) in [5.41, 5.74) is 2.19. The van der Waals surface area contributed by atoms with Crippen molar-refractivity contribution >= 4 is 5.96 Å². The van der Waals surface area contributed by atoms with Crippen LogP contribution in [0.2, 0.25) is 0 Å². The zero-order valence-electron chi connectivity index (χ0n) is 17.8. The minimum Gasteiger partial charge on any atom is -0.508 e. The SMILES string of the molecule is CN=C(NCc1cc(OC)ccc1O)NC1CC2CCC(C1)N2Cc1ccccc1. The van der Waals surface area contributed by atoms with E-state index in [1.54, 1.807) is 26.3 Å². The molecule has 0 amide bonds. The van der Waals surface area contributed by atoms with Crippen LogP contribution in [-0.4, -0.2) is 48.2 Å². The molecule has 2 aromatic rings. The first-order valence-electron chi connectivity index (χ1n) is 10.8. The van der Waals surface area contributed by atoms with Crippen molar-refractivity contribution in [3.63, 3.8) is 0 Å². The molecule has 2 aliphatic heterocycles. The van der Waals surface area contributed by atoms with Crippen molar-refractivity contribution in [2.45, 2.75) is 56.9 Å².